The van der Waals surface area contributed by atoms with Crippen LogP contribution in [-0.2, 0) is 0 Å². The monoisotopic (exact) mass is 279 g/mol. The Bertz CT molecular complexity index is 369. The summed E-state index contributed by atoms with van der Waals surface area (Å²) in [4.78, 5) is 3.64. The number of benzene rings is 1. The zero-order chi connectivity index (χ0) is 14.7. The fourth-order valence-corrected chi connectivity index (χ4v) is 2.68. The minimum absolute atomic E-state index is 1.04. The van der Waals surface area contributed by atoms with Crippen LogP contribution in [0.25, 0.3) is 5.57 Å². The van der Waals surface area contributed by atoms with Crippen LogP contribution in [0.4, 0.5) is 0 Å². The molecule has 2 rings (SSSR count). The van der Waals surface area contributed by atoms with E-state index in [9.17, 15) is 0 Å². The molecule has 1 aliphatic heterocycles. The van der Waals surface area contributed by atoms with Crippen LogP contribution < -0.4 is 0 Å². The second kappa shape index (κ2) is 11.1. The number of thioether (sulfide) groups is 1. The van der Waals surface area contributed by atoms with Gasteiger partial charge in [-0.05, 0) is 31.3 Å². The third kappa shape index (κ3) is 6.84. The number of rotatable bonds is 2. The minimum atomic E-state index is 1.04. The molecule has 1 aromatic carbocycles. The Kier molecular flexibility index (Phi) is 10.7. The lowest BCUT2D eigenvalue weighted by Crippen LogP contribution is -2.16. The van der Waals surface area contributed by atoms with Crippen molar-refractivity contribution in [1.82, 2.24) is 4.90 Å². The standard InChI is InChI=1S/C12H15NS.C3H8.C2H6/c1-13(2)9-10-7-8-14-12-6-4-3-5-11(10)12;1-3-2;1-2/h3-7H,8-9H2,1-2H3;3H2,1-2H3;1-2H3. The van der Waals surface area contributed by atoms with Crippen LogP contribution >= 0.6 is 11.8 Å². The van der Waals surface area contributed by atoms with E-state index in [1.807, 2.05) is 25.6 Å². The maximum atomic E-state index is 2.34. The molecule has 0 aliphatic carbocycles. The molecule has 0 radical (unpaired) electrons. The summed E-state index contributed by atoms with van der Waals surface area (Å²) in [6.07, 6.45) is 3.59. The van der Waals surface area contributed by atoms with Crippen molar-refractivity contribution in [2.75, 3.05) is 26.4 Å². The van der Waals surface area contributed by atoms with Gasteiger partial charge in [-0.2, -0.15) is 0 Å². The van der Waals surface area contributed by atoms with Gasteiger partial charge in [0.2, 0.25) is 0 Å². The Morgan fingerprint density at radius 2 is 1.68 bits per heavy atom. The molecule has 0 amide bonds. The van der Waals surface area contributed by atoms with Gasteiger partial charge in [0.05, 0.1) is 0 Å². The van der Waals surface area contributed by atoms with Crippen LogP contribution in [0.5, 0.6) is 0 Å². The average molecular weight is 279 g/mol. The Morgan fingerprint density at radius 1 is 1.11 bits per heavy atom. The van der Waals surface area contributed by atoms with Gasteiger partial charge in [-0.25, -0.2) is 0 Å². The Morgan fingerprint density at radius 3 is 2.26 bits per heavy atom. The predicted octanol–water partition coefficient (Wildman–Crippen LogP) is 5.18. The third-order valence-electron chi connectivity index (χ3n) is 2.29. The zero-order valence-electron chi connectivity index (χ0n) is 13.4. The fraction of sp³-hybridized carbons (Fsp3) is 0.529. The Labute approximate surface area is 124 Å². The van der Waals surface area contributed by atoms with Gasteiger partial charge >= 0.3 is 0 Å². The lowest BCUT2D eigenvalue weighted by Gasteiger charge is -2.20. The summed E-state index contributed by atoms with van der Waals surface area (Å²) in [5.74, 6) is 1.11. The Balaban J connectivity index is 0.000000573. The zero-order valence-corrected chi connectivity index (χ0v) is 14.2. The molecule has 0 aromatic heterocycles. The van der Waals surface area contributed by atoms with Gasteiger partial charge in [0, 0.05) is 17.2 Å². The predicted molar refractivity (Wildman–Crippen MR) is 91.0 cm³/mol. The molecule has 0 saturated heterocycles. The lowest BCUT2D eigenvalue weighted by molar-refractivity contribution is 0.462. The van der Waals surface area contributed by atoms with Crippen LogP contribution in [0, 0.1) is 0 Å². The van der Waals surface area contributed by atoms with E-state index in [0.717, 1.165) is 12.3 Å². The van der Waals surface area contributed by atoms with Crippen molar-refractivity contribution in [3.63, 3.8) is 0 Å². The summed E-state index contributed by atoms with van der Waals surface area (Å²) >= 11 is 1.92. The fourth-order valence-electron chi connectivity index (χ4n) is 1.69. The first-order valence-electron chi connectivity index (χ1n) is 7.25. The molecule has 2 heteroatoms. The molecule has 19 heavy (non-hydrogen) atoms. The highest BCUT2D eigenvalue weighted by molar-refractivity contribution is 7.99. The maximum Gasteiger partial charge on any atom is 0.0231 e. The van der Waals surface area contributed by atoms with Crippen LogP contribution in [0.3, 0.4) is 0 Å². The molecule has 0 unspecified atom stereocenters. The van der Waals surface area contributed by atoms with Gasteiger partial charge in [-0.15, -0.1) is 11.8 Å². The summed E-state index contributed by atoms with van der Waals surface area (Å²) in [5.41, 5.74) is 2.88. The van der Waals surface area contributed by atoms with Crippen molar-refractivity contribution in [2.45, 2.75) is 39.0 Å². The van der Waals surface area contributed by atoms with E-state index < -0.39 is 0 Å². The third-order valence-corrected chi connectivity index (χ3v) is 3.29. The van der Waals surface area contributed by atoms with Crippen LogP contribution in [0.1, 0.15) is 39.7 Å². The molecule has 1 heterocycles. The van der Waals surface area contributed by atoms with E-state index in [-0.39, 0.29) is 0 Å². The van der Waals surface area contributed by atoms with Crippen molar-refractivity contribution >= 4 is 17.3 Å². The first-order valence-corrected chi connectivity index (χ1v) is 8.23. The molecule has 0 fully saturated rings. The summed E-state index contributed by atoms with van der Waals surface area (Å²) in [6, 6.07) is 8.66. The van der Waals surface area contributed by atoms with Crippen LogP contribution in [0.15, 0.2) is 35.2 Å². The number of likely N-dealkylation sites (N-methyl/N-ethyl adjacent to an activating group) is 1. The van der Waals surface area contributed by atoms with Gasteiger partial charge < -0.3 is 4.90 Å². The van der Waals surface area contributed by atoms with Gasteiger partial charge in [0.25, 0.3) is 0 Å². The summed E-state index contributed by atoms with van der Waals surface area (Å²) in [5, 5.41) is 0. The van der Waals surface area contributed by atoms with E-state index in [1.54, 1.807) is 0 Å². The van der Waals surface area contributed by atoms with E-state index in [1.165, 1.54) is 22.5 Å². The Hall–Kier alpha value is -0.730. The van der Waals surface area contributed by atoms with Crippen molar-refractivity contribution < 1.29 is 0 Å². The van der Waals surface area contributed by atoms with Crippen molar-refractivity contribution in [1.29, 1.82) is 0 Å². The smallest absolute Gasteiger partial charge is 0.0231 e. The second-order valence-electron chi connectivity index (χ2n) is 4.48. The number of fused-ring (bicyclic) bond motifs is 1. The normalized spacial score (nSPS) is 12.5. The van der Waals surface area contributed by atoms with Crippen LogP contribution in [-0.4, -0.2) is 31.3 Å². The van der Waals surface area contributed by atoms with Gasteiger partial charge in [-0.3, -0.25) is 0 Å². The highest BCUT2D eigenvalue weighted by Crippen LogP contribution is 2.33. The molecule has 0 saturated carbocycles. The molecular weight excluding hydrogens is 250 g/mol. The number of hydrogen-bond acceptors (Lipinski definition) is 2. The molecule has 0 N–H and O–H groups in total. The number of hydrogen-bond donors (Lipinski definition) is 0. The van der Waals surface area contributed by atoms with Crippen molar-refractivity contribution in [3.05, 3.63) is 35.9 Å². The molecule has 108 valence electrons. The van der Waals surface area contributed by atoms with E-state index in [2.05, 4.69) is 63.2 Å². The van der Waals surface area contributed by atoms with Crippen molar-refractivity contribution in [2.24, 2.45) is 0 Å². The van der Waals surface area contributed by atoms with Crippen LogP contribution in [0.2, 0.25) is 0 Å². The molecule has 1 aromatic rings. The quantitative estimate of drug-likeness (QED) is 0.734. The summed E-state index contributed by atoms with van der Waals surface area (Å²) in [6.45, 7) is 9.29. The molecule has 1 nitrogen and oxygen atoms in total. The first kappa shape index (κ1) is 18.3. The van der Waals surface area contributed by atoms with E-state index >= 15 is 0 Å². The van der Waals surface area contributed by atoms with E-state index in [4.69, 9.17) is 0 Å². The molecule has 0 atom stereocenters. The minimum Gasteiger partial charge on any atom is -0.305 e. The first-order chi connectivity index (χ1) is 9.19. The topological polar surface area (TPSA) is 3.24 Å². The molecule has 0 bridgehead atoms. The number of nitrogens with zero attached hydrogens (tertiary/aromatic N) is 1. The van der Waals surface area contributed by atoms with Gasteiger partial charge in [0.15, 0.2) is 0 Å². The highest BCUT2D eigenvalue weighted by atomic mass is 32.2. The highest BCUT2D eigenvalue weighted by Gasteiger charge is 2.12. The summed E-state index contributed by atoms with van der Waals surface area (Å²) in [7, 11) is 4.23. The van der Waals surface area contributed by atoms with Crippen molar-refractivity contribution in [3.8, 4) is 0 Å². The lowest BCUT2D eigenvalue weighted by atomic mass is 10.1. The summed E-state index contributed by atoms with van der Waals surface area (Å²) < 4.78 is 0. The largest absolute Gasteiger partial charge is 0.305 e. The average Bonchev–Trinajstić information content (AvgIpc) is 2.42. The second-order valence-corrected chi connectivity index (χ2v) is 5.54. The maximum absolute atomic E-state index is 2.34. The van der Waals surface area contributed by atoms with Gasteiger partial charge in [-0.1, -0.05) is 58.4 Å². The van der Waals surface area contributed by atoms with Gasteiger partial charge in [0.1, 0.15) is 0 Å². The molecule has 0 spiro atoms. The van der Waals surface area contributed by atoms with E-state index in [0.29, 0.717) is 0 Å². The molecular formula is C17H29NS. The molecule has 1 aliphatic rings. The SMILES string of the molecule is CC.CCC.CN(C)CC1=CCSc2ccccc21.